The number of hydrogen-bond donors (Lipinski definition) is 1. The molecule has 0 aromatic carbocycles. The Balaban J connectivity index is 3.65. The lowest BCUT2D eigenvalue weighted by molar-refractivity contribution is -0.161. The predicted molar refractivity (Wildman–Crippen MR) is 233 cm³/mol. The van der Waals surface area contributed by atoms with Gasteiger partial charge in [-0.25, -0.2) is 0 Å². The fourth-order valence-corrected chi connectivity index (χ4v) is 5.85. The first kappa shape index (κ1) is 51.1. The lowest BCUT2D eigenvalue weighted by Gasteiger charge is -2.15. The van der Waals surface area contributed by atoms with Crippen LogP contribution in [0.15, 0.2) is 85.1 Å². The maximum Gasteiger partial charge on any atom is 0.306 e. The van der Waals surface area contributed by atoms with Crippen LogP contribution in [0.3, 0.4) is 0 Å². The summed E-state index contributed by atoms with van der Waals surface area (Å²) in [7, 11) is 0. The molecule has 0 aliphatic heterocycles. The Morgan fingerprint density at radius 2 is 0.796 bits per heavy atom. The van der Waals surface area contributed by atoms with E-state index in [1.165, 1.54) is 89.9 Å². The highest BCUT2D eigenvalue weighted by Gasteiger charge is 2.16. The van der Waals surface area contributed by atoms with Crippen molar-refractivity contribution in [3.05, 3.63) is 85.1 Å². The van der Waals surface area contributed by atoms with Crippen LogP contribution in [0.2, 0.25) is 0 Å². The molecule has 0 aliphatic carbocycles. The predicted octanol–water partition coefficient (Wildman–Crippen LogP) is 14.3. The lowest BCUT2D eigenvalue weighted by atomic mass is 10.1. The summed E-state index contributed by atoms with van der Waals surface area (Å²) in [5.41, 5.74) is 0. The molecule has 0 aromatic rings. The van der Waals surface area contributed by atoms with Crippen molar-refractivity contribution in [2.75, 3.05) is 13.2 Å². The maximum atomic E-state index is 12.2. The molecule has 0 saturated heterocycles. The monoisotopic (exact) mass is 751 g/mol. The van der Waals surface area contributed by atoms with E-state index in [0.717, 1.165) is 77.0 Å². The number of aliphatic hydroxyl groups excluding tert-OH is 1. The van der Waals surface area contributed by atoms with Crippen molar-refractivity contribution in [3.63, 3.8) is 0 Å². The first-order chi connectivity index (χ1) is 26.6. The molecule has 0 aliphatic rings. The summed E-state index contributed by atoms with van der Waals surface area (Å²) >= 11 is 0. The number of carbonyl (C=O) groups is 2. The van der Waals surface area contributed by atoms with Gasteiger partial charge in [-0.3, -0.25) is 9.59 Å². The number of carbonyl (C=O) groups excluding carboxylic acids is 2. The molecule has 54 heavy (non-hydrogen) atoms. The molecule has 1 unspecified atom stereocenters. The number of rotatable bonds is 39. The van der Waals surface area contributed by atoms with Crippen molar-refractivity contribution >= 4 is 11.9 Å². The lowest BCUT2D eigenvalue weighted by Crippen LogP contribution is -2.28. The first-order valence-corrected chi connectivity index (χ1v) is 22.1. The molecule has 0 radical (unpaired) electrons. The van der Waals surface area contributed by atoms with E-state index in [1.54, 1.807) is 0 Å². The molecule has 0 saturated carbocycles. The number of esters is 2. The molecule has 5 heteroatoms. The Kier molecular flexibility index (Phi) is 42.1. The van der Waals surface area contributed by atoms with Gasteiger partial charge in [0.15, 0.2) is 6.10 Å². The maximum absolute atomic E-state index is 12.2. The minimum atomic E-state index is -0.800. The van der Waals surface area contributed by atoms with Gasteiger partial charge in [0, 0.05) is 12.8 Å². The van der Waals surface area contributed by atoms with Crippen LogP contribution >= 0.6 is 0 Å². The van der Waals surface area contributed by atoms with Crippen LogP contribution in [0.1, 0.15) is 194 Å². The fourth-order valence-electron chi connectivity index (χ4n) is 5.85. The summed E-state index contributed by atoms with van der Waals surface area (Å²) in [6, 6.07) is 0. The zero-order valence-electron chi connectivity index (χ0n) is 35.0. The van der Waals surface area contributed by atoms with Crippen LogP contribution in [-0.4, -0.2) is 36.4 Å². The van der Waals surface area contributed by atoms with Crippen molar-refractivity contribution in [3.8, 4) is 0 Å². The number of allylic oxidation sites excluding steroid dienone is 14. The summed E-state index contributed by atoms with van der Waals surface area (Å²) in [4.78, 5) is 24.3. The van der Waals surface area contributed by atoms with Gasteiger partial charge < -0.3 is 14.6 Å². The molecule has 5 nitrogen and oxygen atoms in total. The van der Waals surface area contributed by atoms with Gasteiger partial charge in [0.1, 0.15) is 6.61 Å². The molecule has 308 valence electrons. The number of unbranched alkanes of at least 4 members (excludes halogenated alkanes) is 17. The SMILES string of the molecule is CC/C=C\C/C=C\C/C=C\C/C=C\C/C=C\C/C=C\CCCCC(=O)OC(CO)COC(=O)CCCCCCCCCCC/C=C\CCCCCCCC. The van der Waals surface area contributed by atoms with E-state index >= 15 is 0 Å². The highest BCUT2D eigenvalue weighted by molar-refractivity contribution is 5.70. The molecule has 0 rings (SSSR count). The van der Waals surface area contributed by atoms with Crippen molar-refractivity contribution < 1.29 is 24.2 Å². The van der Waals surface area contributed by atoms with E-state index in [2.05, 4.69) is 98.9 Å². The molecule has 0 spiro atoms. The Labute approximate surface area is 333 Å². The summed E-state index contributed by atoms with van der Waals surface area (Å²) in [6.07, 6.45) is 60.8. The summed E-state index contributed by atoms with van der Waals surface area (Å²) < 4.78 is 10.6. The summed E-state index contributed by atoms with van der Waals surface area (Å²) in [5, 5.41) is 9.58. The molecule has 1 N–H and O–H groups in total. The van der Waals surface area contributed by atoms with Gasteiger partial charge in [0.25, 0.3) is 0 Å². The van der Waals surface area contributed by atoms with Crippen LogP contribution in [0.5, 0.6) is 0 Å². The van der Waals surface area contributed by atoms with E-state index in [9.17, 15) is 14.7 Å². The molecule has 0 fully saturated rings. The topological polar surface area (TPSA) is 72.8 Å². The van der Waals surface area contributed by atoms with E-state index in [0.29, 0.717) is 12.8 Å². The fraction of sp³-hybridized carbons (Fsp3) is 0.673. The largest absolute Gasteiger partial charge is 0.462 e. The minimum absolute atomic E-state index is 0.0888. The Morgan fingerprint density at radius 1 is 0.444 bits per heavy atom. The van der Waals surface area contributed by atoms with E-state index in [4.69, 9.17) is 9.47 Å². The van der Waals surface area contributed by atoms with Crippen LogP contribution in [0.25, 0.3) is 0 Å². The van der Waals surface area contributed by atoms with Gasteiger partial charge in [0.2, 0.25) is 0 Å². The van der Waals surface area contributed by atoms with Crippen LogP contribution in [0.4, 0.5) is 0 Å². The van der Waals surface area contributed by atoms with E-state index in [-0.39, 0.29) is 25.2 Å². The minimum Gasteiger partial charge on any atom is -0.462 e. The normalized spacial score (nSPS) is 13.0. The smallest absolute Gasteiger partial charge is 0.306 e. The van der Waals surface area contributed by atoms with Gasteiger partial charge in [-0.15, -0.1) is 0 Å². The third-order valence-corrected chi connectivity index (χ3v) is 9.17. The Hall–Kier alpha value is -2.92. The second-order valence-corrected chi connectivity index (χ2v) is 14.4. The average Bonchev–Trinajstić information content (AvgIpc) is 3.17. The Morgan fingerprint density at radius 3 is 1.26 bits per heavy atom. The number of aliphatic hydroxyl groups is 1. The second kappa shape index (κ2) is 44.5. The number of hydrogen-bond acceptors (Lipinski definition) is 5. The molecule has 1 atom stereocenters. The second-order valence-electron chi connectivity index (χ2n) is 14.4. The zero-order valence-corrected chi connectivity index (χ0v) is 35.0. The molecule has 0 heterocycles. The molecule has 0 bridgehead atoms. The van der Waals surface area contributed by atoms with Gasteiger partial charge in [-0.2, -0.15) is 0 Å². The highest BCUT2D eigenvalue weighted by Crippen LogP contribution is 2.13. The van der Waals surface area contributed by atoms with Crippen molar-refractivity contribution in [1.82, 2.24) is 0 Å². The average molecular weight is 751 g/mol. The van der Waals surface area contributed by atoms with Crippen molar-refractivity contribution in [1.29, 1.82) is 0 Å². The van der Waals surface area contributed by atoms with Crippen LogP contribution in [-0.2, 0) is 19.1 Å². The van der Waals surface area contributed by atoms with E-state index in [1.807, 2.05) is 0 Å². The molecular weight excluding hydrogens is 669 g/mol. The molecule has 0 amide bonds. The molecule has 0 aromatic heterocycles. The van der Waals surface area contributed by atoms with Gasteiger partial charge in [0.05, 0.1) is 6.61 Å². The highest BCUT2D eigenvalue weighted by atomic mass is 16.6. The van der Waals surface area contributed by atoms with Crippen molar-refractivity contribution in [2.24, 2.45) is 0 Å². The first-order valence-electron chi connectivity index (χ1n) is 22.1. The van der Waals surface area contributed by atoms with Gasteiger partial charge in [-0.05, 0) is 89.9 Å². The summed E-state index contributed by atoms with van der Waals surface area (Å²) in [5.74, 6) is -0.648. The standard InChI is InChI=1S/C49H82O5/c1-3-5-7-9-11-13-15-17-19-21-23-24-26-28-30-32-34-36-38-40-42-44-49(52)54-47(45-50)46-53-48(51)43-41-39-37-35-33-31-29-27-25-22-20-18-16-14-12-10-8-6-4-2/h5,7,11,13,17-20,23-24,28,30,34,36,47,50H,3-4,6,8-10,12,14-16,21-22,25-27,29,31-33,35,37-46H2,1-2H3/b7-5-,13-11-,19-17-,20-18-,24-23-,30-28-,36-34-. The number of ether oxygens (including phenoxy) is 2. The zero-order chi connectivity index (χ0) is 39.3. The summed E-state index contributed by atoms with van der Waals surface area (Å²) in [6.45, 7) is 3.98. The van der Waals surface area contributed by atoms with Gasteiger partial charge in [-0.1, -0.05) is 176 Å². The van der Waals surface area contributed by atoms with E-state index < -0.39 is 6.10 Å². The quantitative estimate of drug-likeness (QED) is 0.0385. The Bertz CT molecular complexity index is 1030. The van der Waals surface area contributed by atoms with Crippen LogP contribution in [0, 0.1) is 0 Å². The third-order valence-electron chi connectivity index (χ3n) is 9.17. The molecular formula is C49H82O5. The van der Waals surface area contributed by atoms with Gasteiger partial charge >= 0.3 is 11.9 Å². The van der Waals surface area contributed by atoms with Crippen LogP contribution < -0.4 is 0 Å². The van der Waals surface area contributed by atoms with Crippen molar-refractivity contribution in [2.45, 2.75) is 200 Å². The third kappa shape index (κ3) is 41.8.